The number of hydrogen-bond acceptors (Lipinski definition) is 24. The van der Waals surface area contributed by atoms with Crippen molar-refractivity contribution in [3.8, 4) is 44.5 Å². The fourth-order valence-corrected chi connectivity index (χ4v) is 20.8. The van der Waals surface area contributed by atoms with Crippen LogP contribution in [-0.2, 0) is 6.42 Å². The summed E-state index contributed by atoms with van der Waals surface area (Å²) < 4.78 is 22.5. The van der Waals surface area contributed by atoms with Gasteiger partial charge in [0.05, 0.1) is 126 Å². The average Bonchev–Trinajstić information content (AvgIpc) is 1.68. The van der Waals surface area contributed by atoms with Gasteiger partial charge >= 0.3 is 0 Å². The van der Waals surface area contributed by atoms with Gasteiger partial charge in [-0.15, -0.1) is 0 Å². The van der Waals surface area contributed by atoms with Gasteiger partial charge in [0.15, 0.2) is 22.6 Å². The molecular formula is C98H119FN28. The number of piperidine rings is 4. The van der Waals surface area contributed by atoms with Crippen LogP contribution in [0.3, 0.4) is 0 Å². The van der Waals surface area contributed by atoms with Gasteiger partial charge in [-0.2, -0.15) is 20.4 Å². The van der Waals surface area contributed by atoms with Gasteiger partial charge in [0.2, 0.25) is 0 Å². The SMILES string of the molecule is CN1CCN(C2CCN(c3cnc4c(-c5ccnc6c5CC=C6)cnn4c3)CC2)CC1.Cc1cc(-c2cnn3cc(N4CCC(N5CCN(C)CC5)CC4)cnc23)ccn1.Cc1ccc2ncc(F)c(-c3cnn4cc(N5CCC(N6CCN(C)CC6)CC5)cnc34)c2c1.Cc1cccc2c(-c3cnn4cc(N5CCC(N6CCN(C)CC6)CC5)cnc34)ccnc12. The molecule has 0 saturated carbocycles. The van der Waals surface area contributed by atoms with E-state index in [2.05, 4.69) is 201 Å². The molecule has 658 valence electrons. The summed E-state index contributed by atoms with van der Waals surface area (Å²) in [4.78, 5) is 67.0. The van der Waals surface area contributed by atoms with Crippen LogP contribution in [0.5, 0.6) is 0 Å². The molecule has 2 aromatic carbocycles. The molecule has 20 heterocycles. The van der Waals surface area contributed by atoms with Crippen LogP contribution in [0.4, 0.5) is 27.1 Å². The third-order valence-corrected chi connectivity index (χ3v) is 28.6. The van der Waals surface area contributed by atoms with E-state index < -0.39 is 0 Å². The molecule has 29 heteroatoms. The molecule has 8 fully saturated rings. The van der Waals surface area contributed by atoms with Gasteiger partial charge in [-0.1, -0.05) is 35.9 Å². The van der Waals surface area contributed by atoms with Gasteiger partial charge in [0.1, 0.15) is 5.82 Å². The quantitative estimate of drug-likeness (QED) is 0.111. The summed E-state index contributed by atoms with van der Waals surface area (Å²) in [6.07, 6.45) is 45.6. The molecular weight excluding hydrogens is 1590 g/mol. The number of pyridine rings is 4. The average molecular weight is 1710 g/mol. The van der Waals surface area contributed by atoms with E-state index in [0.29, 0.717) is 28.9 Å². The first kappa shape index (κ1) is 83.8. The molecule has 0 radical (unpaired) electrons. The van der Waals surface area contributed by atoms with Crippen molar-refractivity contribution in [3.63, 3.8) is 0 Å². The predicted molar refractivity (Wildman–Crippen MR) is 504 cm³/mol. The number of halogens is 1. The van der Waals surface area contributed by atoms with Gasteiger partial charge in [-0.25, -0.2) is 42.4 Å². The summed E-state index contributed by atoms with van der Waals surface area (Å²) in [5.41, 5.74) is 23.1. The minimum atomic E-state index is -0.357. The Morgan fingerprint density at radius 2 is 0.740 bits per heavy atom. The summed E-state index contributed by atoms with van der Waals surface area (Å²) in [6.45, 7) is 33.7. The van der Waals surface area contributed by atoms with E-state index in [1.54, 1.807) is 10.7 Å². The number of allylic oxidation sites excluding steroid dienone is 1. The topological polar surface area (TPSA) is 211 Å². The number of aryl methyl sites for hydroxylation is 3. The summed E-state index contributed by atoms with van der Waals surface area (Å²) in [5.74, 6) is -0.357. The second-order valence-electron chi connectivity index (χ2n) is 36.6. The van der Waals surface area contributed by atoms with E-state index in [1.807, 2.05) is 120 Å². The van der Waals surface area contributed by atoms with E-state index in [9.17, 15) is 4.39 Å². The molecule has 12 aromatic heterocycles. The Bertz CT molecular complexity index is 6210. The number of rotatable bonds is 12. The number of fused-ring (bicyclic) bond motifs is 7. The zero-order valence-corrected chi connectivity index (χ0v) is 74.7. The van der Waals surface area contributed by atoms with Gasteiger partial charge in [0.25, 0.3) is 0 Å². The Kier molecular flexibility index (Phi) is 24.5. The number of benzene rings is 2. The number of aromatic nitrogens is 16. The van der Waals surface area contributed by atoms with E-state index in [4.69, 9.17) is 19.9 Å². The van der Waals surface area contributed by atoms with Crippen molar-refractivity contribution >= 4 is 73.2 Å². The maximum atomic E-state index is 15.0. The molecule has 8 aliphatic heterocycles. The molecule has 1 aliphatic carbocycles. The van der Waals surface area contributed by atoms with E-state index >= 15 is 0 Å². The van der Waals surface area contributed by atoms with Crippen molar-refractivity contribution in [3.05, 3.63) is 200 Å². The van der Waals surface area contributed by atoms with Crippen LogP contribution >= 0.6 is 0 Å². The third-order valence-electron chi connectivity index (χ3n) is 28.6. The highest BCUT2D eigenvalue weighted by Gasteiger charge is 2.34. The first-order chi connectivity index (χ1) is 62.2. The molecule has 9 aliphatic rings. The number of piperazine rings is 4. The van der Waals surface area contributed by atoms with Crippen LogP contribution in [0.2, 0.25) is 0 Å². The smallest absolute Gasteiger partial charge is 0.163 e. The van der Waals surface area contributed by atoms with E-state index in [1.165, 1.54) is 172 Å². The molecule has 0 bridgehead atoms. The lowest BCUT2D eigenvalue weighted by molar-refractivity contribution is 0.0982. The van der Waals surface area contributed by atoms with Gasteiger partial charge < -0.3 is 39.2 Å². The summed E-state index contributed by atoms with van der Waals surface area (Å²) >= 11 is 0. The zero-order chi connectivity index (χ0) is 86.2. The first-order valence-corrected chi connectivity index (χ1v) is 46.2. The molecule has 0 N–H and O–H groups in total. The molecule has 0 spiro atoms. The van der Waals surface area contributed by atoms with Gasteiger partial charge in [-0.3, -0.25) is 39.5 Å². The van der Waals surface area contributed by atoms with Crippen molar-refractivity contribution < 1.29 is 4.39 Å². The highest BCUT2D eigenvalue weighted by atomic mass is 19.1. The third kappa shape index (κ3) is 17.9. The number of nitrogens with zero attached hydrogens (tertiary/aromatic N) is 28. The maximum Gasteiger partial charge on any atom is 0.163 e. The number of para-hydroxylation sites is 1. The van der Waals surface area contributed by atoms with Crippen LogP contribution in [0, 0.1) is 26.6 Å². The molecule has 14 aromatic rings. The molecule has 127 heavy (non-hydrogen) atoms. The van der Waals surface area contributed by atoms with Crippen LogP contribution in [-0.4, -0.2) is 327 Å². The number of likely N-dealkylation sites (N-methyl/N-ethyl adjacent to an activating group) is 4. The van der Waals surface area contributed by atoms with Crippen LogP contribution in [0.15, 0.2) is 166 Å². The Hall–Kier alpha value is -11.4. The molecule has 8 saturated heterocycles. The lowest BCUT2D eigenvalue weighted by atomic mass is 10.0. The summed E-state index contributed by atoms with van der Waals surface area (Å²) in [7, 11) is 8.88. The van der Waals surface area contributed by atoms with Crippen LogP contribution < -0.4 is 19.6 Å². The van der Waals surface area contributed by atoms with E-state index in [0.717, 1.165) is 185 Å². The Balaban J connectivity index is 0.000000107. The Morgan fingerprint density at radius 1 is 0.339 bits per heavy atom. The van der Waals surface area contributed by atoms with Gasteiger partial charge in [0, 0.05) is 239 Å². The number of hydrogen-bond donors (Lipinski definition) is 0. The normalized spacial score (nSPS) is 19.6. The van der Waals surface area contributed by atoms with Crippen LogP contribution in [0.1, 0.15) is 79.4 Å². The van der Waals surface area contributed by atoms with E-state index in [-0.39, 0.29) is 5.82 Å². The second-order valence-corrected chi connectivity index (χ2v) is 36.6. The van der Waals surface area contributed by atoms with Crippen molar-refractivity contribution in [2.45, 2.75) is 103 Å². The molecule has 28 nitrogen and oxygen atoms in total. The lowest BCUT2D eigenvalue weighted by Crippen LogP contribution is -2.52. The van der Waals surface area contributed by atoms with Gasteiger partial charge in [-0.05, 0) is 177 Å². The summed E-state index contributed by atoms with van der Waals surface area (Å²) in [5, 5.41) is 20.4. The largest absolute Gasteiger partial charge is 0.369 e. The predicted octanol–water partition coefficient (Wildman–Crippen LogP) is 12.0. The molecule has 23 rings (SSSR count). The van der Waals surface area contributed by atoms with Crippen molar-refractivity contribution in [1.82, 2.24) is 118 Å². The monoisotopic (exact) mass is 1710 g/mol. The maximum absolute atomic E-state index is 15.0. The fourth-order valence-electron chi connectivity index (χ4n) is 20.8. The zero-order valence-electron chi connectivity index (χ0n) is 74.7. The molecule has 0 amide bonds. The number of anilines is 4. The molecule has 0 unspecified atom stereocenters. The van der Waals surface area contributed by atoms with Crippen LogP contribution in [0.25, 0.3) is 95.0 Å². The summed E-state index contributed by atoms with van der Waals surface area (Å²) in [6, 6.07) is 23.3. The molecule has 0 atom stereocenters. The fraction of sp³-hybridized carbons (Fsp3) is 0.449. The minimum absolute atomic E-state index is 0.357. The van der Waals surface area contributed by atoms with Crippen molar-refractivity contribution in [1.29, 1.82) is 0 Å². The standard InChI is InChI=1S/C26H30FN7.C26H31N7.C24H29N7.C22H29N7/c1-18-3-4-24-21(13-18)25(23(27)16-28-24)22-15-30-34-17-20(14-29-26(22)34)32-7-5-19(6-8-32)33-11-9-31(2)10-12-33;1-19-4-3-5-23-22(6-9-27-25(19)23)24-17-29-33-18-21(16-28-26(24)33)31-10-7-20(8-11-31)32-14-12-30(2)13-15-32;1-28-11-13-30(14-12-28)18-6-9-29(10-7-18)19-15-26-24-22(16-27-31(24)17-19)20-5-8-25-23-4-2-3-21(20)23;1-17-13-18(3-6-23-17)21-15-25-29-16-20(14-24-22(21)29)27-7-4-19(5-8-27)28-11-9-26(2)10-12-28/h3-4,13-17,19H,5-12H2,1-2H3;3-6,9,16-18,20H,7-8,10-15H2,1-2H3;2,4-5,8,15-18H,3,6-7,9-14H2,1H3;3,6,13-16,19H,4-5,7-12H2,1-2H3. The highest BCUT2D eigenvalue weighted by molar-refractivity contribution is 6.00. The van der Waals surface area contributed by atoms with Crippen molar-refractivity contribution in [2.75, 3.05) is 205 Å². The Labute approximate surface area is 743 Å². The minimum Gasteiger partial charge on any atom is -0.369 e. The van der Waals surface area contributed by atoms with Crippen molar-refractivity contribution in [2.24, 2.45) is 0 Å². The first-order valence-electron chi connectivity index (χ1n) is 46.2. The lowest BCUT2D eigenvalue weighted by Gasteiger charge is -2.42. The Morgan fingerprint density at radius 3 is 1.20 bits per heavy atom. The second kappa shape index (κ2) is 37.1. The highest BCUT2D eigenvalue weighted by Crippen LogP contribution is 2.39.